The SMILES string of the molecule is Cc1nc2sc(N)nc2s1.O=CO. The summed E-state index contributed by atoms with van der Waals surface area (Å²) >= 11 is 3.02. The molecule has 0 saturated carbocycles. The number of anilines is 1. The Balaban J connectivity index is 0.000000251. The van der Waals surface area contributed by atoms with Gasteiger partial charge in [-0.1, -0.05) is 22.7 Å². The molecule has 0 bridgehead atoms. The number of aromatic nitrogens is 2. The van der Waals surface area contributed by atoms with Gasteiger partial charge in [0.1, 0.15) is 0 Å². The molecule has 2 heterocycles. The first kappa shape index (κ1) is 9.87. The van der Waals surface area contributed by atoms with Crippen LogP contribution in [0.15, 0.2) is 0 Å². The third-order valence-electron chi connectivity index (χ3n) is 1.10. The molecule has 2 aromatic heterocycles. The standard InChI is InChI=1S/C5H5N3S2.CH2O2/c1-2-7-3-4(9-2)8-5(6)10-3;2-1-3/h1H3,(H2,6,8);1H,(H,2,3). The van der Waals surface area contributed by atoms with E-state index in [9.17, 15) is 0 Å². The summed E-state index contributed by atoms with van der Waals surface area (Å²) in [6.07, 6.45) is 0. The van der Waals surface area contributed by atoms with Gasteiger partial charge in [-0.25, -0.2) is 9.97 Å². The second-order valence-corrected chi connectivity index (χ2v) is 4.19. The van der Waals surface area contributed by atoms with Crippen molar-refractivity contribution in [3.63, 3.8) is 0 Å². The van der Waals surface area contributed by atoms with E-state index in [0.29, 0.717) is 5.13 Å². The second kappa shape index (κ2) is 4.15. The zero-order chi connectivity index (χ0) is 9.84. The summed E-state index contributed by atoms with van der Waals surface area (Å²) in [6, 6.07) is 0. The molecule has 70 valence electrons. The lowest BCUT2D eigenvalue weighted by Gasteiger charge is -1.74. The molecule has 0 unspecified atom stereocenters. The molecule has 7 heteroatoms. The van der Waals surface area contributed by atoms with Crippen molar-refractivity contribution in [1.82, 2.24) is 9.97 Å². The molecule has 0 saturated heterocycles. The van der Waals surface area contributed by atoms with Gasteiger partial charge in [-0.15, -0.1) is 0 Å². The van der Waals surface area contributed by atoms with Crippen LogP contribution in [0.5, 0.6) is 0 Å². The average molecular weight is 217 g/mol. The van der Waals surface area contributed by atoms with Gasteiger partial charge in [0.15, 0.2) is 14.8 Å². The Morgan fingerprint density at radius 2 is 1.92 bits per heavy atom. The number of hydrogen-bond donors (Lipinski definition) is 2. The molecule has 13 heavy (non-hydrogen) atoms. The molecule has 0 aliphatic heterocycles. The van der Waals surface area contributed by atoms with E-state index in [1.54, 1.807) is 11.3 Å². The first-order valence-electron chi connectivity index (χ1n) is 3.24. The van der Waals surface area contributed by atoms with Gasteiger partial charge in [0.2, 0.25) is 0 Å². The number of rotatable bonds is 0. The van der Waals surface area contributed by atoms with Crippen molar-refractivity contribution < 1.29 is 9.90 Å². The van der Waals surface area contributed by atoms with Crippen molar-refractivity contribution in [3.05, 3.63) is 5.01 Å². The molecule has 5 nitrogen and oxygen atoms in total. The van der Waals surface area contributed by atoms with Crippen LogP contribution in [0.25, 0.3) is 9.66 Å². The van der Waals surface area contributed by atoms with Crippen LogP contribution in [-0.4, -0.2) is 21.5 Å². The highest BCUT2D eigenvalue weighted by molar-refractivity contribution is 7.28. The fourth-order valence-electron chi connectivity index (χ4n) is 0.756. The molecule has 0 aliphatic carbocycles. The molecular formula is C6H7N3O2S2. The number of nitrogens with two attached hydrogens (primary N) is 1. The third kappa shape index (κ3) is 2.36. The minimum absolute atomic E-state index is 0.250. The maximum Gasteiger partial charge on any atom is 0.290 e. The Hall–Kier alpha value is -1.21. The van der Waals surface area contributed by atoms with E-state index >= 15 is 0 Å². The highest BCUT2D eigenvalue weighted by atomic mass is 32.1. The van der Waals surface area contributed by atoms with E-state index in [0.717, 1.165) is 14.7 Å². The van der Waals surface area contributed by atoms with E-state index in [-0.39, 0.29) is 6.47 Å². The number of carbonyl (C=O) groups is 1. The van der Waals surface area contributed by atoms with Crippen LogP contribution in [-0.2, 0) is 4.79 Å². The smallest absolute Gasteiger partial charge is 0.290 e. The molecule has 0 spiro atoms. The first-order chi connectivity index (χ1) is 6.17. The lowest BCUT2D eigenvalue weighted by Crippen LogP contribution is -1.78. The number of carboxylic acid groups (broad SMARTS) is 1. The van der Waals surface area contributed by atoms with Crippen LogP contribution in [0.3, 0.4) is 0 Å². The monoisotopic (exact) mass is 217 g/mol. The van der Waals surface area contributed by atoms with Crippen LogP contribution in [0.2, 0.25) is 0 Å². The summed E-state index contributed by atoms with van der Waals surface area (Å²) in [6.45, 7) is 1.72. The van der Waals surface area contributed by atoms with Crippen LogP contribution >= 0.6 is 22.7 Å². The molecular weight excluding hydrogens is 210 g/mol. The summed E-state index contributed by atoms with van der Waals surface area (Å²) in [4.78, 5) is 18.6. The van der Waals surface area contributed by atoms with Crippen LogP contribution in [0.1, 0.15) is 5.01 Å². The molecule has 2 rings (SSSR count). The fourth-order valence-corrected chi connectivity index (χ4v) is 2.47. The van der Waals surface area contributed by atoms with Crippen molar-refractivity contribution >= 4 is 43.9 Å². The molecule has 0 amide bonds. The topological polar surface area (TPSA) is 89.1 Å². The van der Waals surface area contributed by atoms with Crippen molar-refractivity contribution in [2.75, 3.05) is 5.73 Å². The van der Waals surface area contributed by atoms with Crippen LogP contribution in [0, 0.1) is 6.92 Å². The fraction of sp³-hybridized carbons (Fsp3) is 0.167. The summed E-state index contributed by atoms with van der Waals surface area (Å²) in [5.41, 5.74) is 5.46. The Morgan fingerprint density at radius 3 is 2.46 bits per heavy atom. The third-order valence-corrected chi connectivity index (χ3v) is 2.87. The Labute approximate surface area is 81.9 Å². The number of hydrogen-bond acceptors (Lipinski definition) is 6. The highest BCUT2D eigenvalue weighted by Gasteiger charge is 2.04. The minimum Gasteiger partial charge on any atom is -0.483 e. The van der Waals surface area contributed by atoms with Crippen molar-refractivity contribution in [2.24, 2.45) is 0 Å². The van der Waals surface area contributed by atoms with E-state index in [4.69, 9.17) is 15.6 Å². The van der Waals surface area contributed by atoms with Gasteiger partial charge in [0.25, 0.3) is 6.47 Å². The summed E-state index contributed by atoms with van der Waals surface area (Å²) in [7, 11) is 0. The number of thiazole rings is 2. The predicted octanol–water partition coefficient (Wildman–Crippen LogP) is 1.34. The second-order valence-electron chi connectivity index (χ2n) is 2.00. The Kier molecular flexibility index (Phi) is 3.15. The molecule has 0 fully saturated rings. The molecule has 0 aromatic carbocycles. The Morgan fingerprint density at radius 1 is 1.38 bits per heavy atom. The molecule has 0 radical (unpaired) electrons. The molecule has 0 atom stereocenters. The lowest BCUT2D eigenvalue weighted by molar-refractivity contribution is -0.122. The van der Waals surface area contributed by atoms with Gasteiger partial charge < -0.3 is 10.8 Å². The van der Waals surface area contributed by atoms with Gasteiger partial charge in [0.05, 0.1) is 5.01 Å². The molecule has 3 N–H and O–H groups in total. The summed E-state index contributed by atoms with van der Waals surface area (Å²) in [5, 5.41) is 8.54. The minimum atomic E-state index is -0.250. The first-order valence-corrected chi connectivity index (χ1v) is 4.88. The maximum absolute atomic E-state index is 8.36. The predicted molar refractivity (Wildman–Crippen MR) is 53.1 cm³/mol. The zero-order valence-corrected chi connectivity index (χ0v) is 8.35. The number of aryl methyl sites for hydroxylation is 1. The van der Waals surface area contributed by atoms with E-state index in [1.165, 1.54) is 11.3 Å². The zero-order valence-electron chi connectivity index (χ0n) is 6.72. The number of nitrogen functional groups attached to an aromatic ring is 1. The van der Waals surface area contributed by atoms with Crippen molar-refractivity contribution in [1.29, 1.82) is 0 Å². The molecule has 0 aliphatic rings. The normalized spacial score (nSPS) is 9.31. The average Bonchev–Trinajstić information content (AvgIpc) is 2.44. The van der Waals surface area contributed by atoms with Crippen LogP contribution in [0.4, 0.5) is 5.13 Å². The van der Waals surface area contributed by atoms with Gasteiger partial charge in [0, 0.05) is 0 Å². The summed E-state index contributed by atoms with van der Waals surface area (Å²) < 4.78 is 0. The Bertz CT molecular complexity index is 346. The van der Waals surface area contributed by atoms with Gasteiger partial charge in [-0.2, -0.15) is 0 Å². The lowest BCUT2D eigenvalue weighted by atomic mass is 10.8. The van der Waals surface area contributed by atoms with E-state index in [2.05, 4.69) is 9.97 Å². The number of nitrogens with zero attached hydrogens (tertiary/aromatic N) is 2. The van der Waals surface area contributed by atoms with Gasteiger partial charge in [-0.3, -0.25) is 4.79 Å². The van der Waals surface area contributed by atoms with Gasteiger partial charge in [-0.05, 0) is 6.92 Å². The summed E-state index contributed by atoms with van der Waals surface area (Å²) in [5.74, 6) is 0. The van der Waals surface area contributed by atoms with E-state index in [1.807, 2.05) is 6.92 Å². The van der Waals surface area contributed by atoms with E-state index < -0.39 is 0 Å². The van der Waals surface area contributed by atoms with Crippen molar-refractivity contribution in [2.45, 2.75) is 6.92 Å². The van der Waals surface area contributed by atoms with Gasteiger partial charge >= 0.3 is 0 Å². The number of fused-ring (bicyclic) bond motifs is 1. The largest absolute Gasteiger partial charge is 0.483 e. The quantitative estimate of drug-likeness (QED) is 0.650. The highest BCUT2D eigenvalue weighted by Crippen LogP contribution is 2.27. The maximum atomic E-state index is 8.36. The van der Waals surface area contributed by atoms with Crippen LogP contribution < -0.4 is 5.73 Å². The van der Waals surface area contributed by atoms with Crippen molar-refractivity contribution in [3.8, 4) is 0 Å². The molecule has 2 aromatic rings.